The summed E-state index contributed by atoms with van der Waals surface area (Å²) in [7, 11) is 0. The molecule has 2 amide bonds. The first-order chi connectivity index (χ1) is 18.0. The summed E-state index contributed by atoms with van der Waals surface area (Å²) in [4.78, 5) is 33.1. The third kappa shape index (κ3) is 4.82. The maximum Gasteiger partial charge on any atom is 0.264 e. The monoisotopic (exact) mass is 514 g/mol. The van der Waals surface area contributed by atoms with E-state index in [1.54, 1.807) is 11.3 Å². The van der Waals surface area contributed by atoms with Gasteiger partial charge in [-0.15, -0.1) is 11.3 Å². The van der Waals surface area contributed by atoms with E-state index < -0.39 is 0 Å². The molecule has 3 atom stereocenters. The molecule has 3 aromatic rings. The Bertz CT molecular complexity index is 1300. The molecule has 2 aromatic carbocycles. The van der Waals surface area contributed by atoms with Crippen LogP contribution in [0, 0.1) is 0 Å². The number of nitrogens with zero attached hydrogens (tertiary/aromatic N) is 2. The van der Waals surface area contributed by atoms with Crippen LogP contribution in [-0.2, 0) is 0 Å². The smallest absolute Gasteiger partial charge is 0.264 e. The molecule has 37 heavy (non-hydrogen) atoms. The fraction of sp³-hybridized carbons (Fsp3) is 0.355. The zero-order chi connectivity index (χ0) is 25.9. The molecule has 0 spiro atoms. The minimum Gasteiger partial charge on any atom is -0.494 e. The minimum absolute atomic E-state index is 0.00134. The first-order valence-corrected chi connectivity index (χ1v) is 14.1. The highest BCUT2D eigenvalue weighted by molar-refractivity contribution is 7.17. The third-order valence-corrected chi connectivity index (χ3v) is 8.46. The van der Waals surface area contributed by atoms with E-state index in [4.69, 9.17) is 4.74 Å². The molecule has 3 heterocycles. The van der Waals surface area contributed by atoms with Crippen molar-refractivity contribution in [3.63, 3.8) is 0 Å². The van der Waals surface area contributed by atoms with Crippen LogP contribution >= 0.6 is 11.3 Å². The Morgan fingerprint density at radius 2 is 1.86 bits per heavy atom. The number of hydrogen-bond acceptors (Lipinski definition) is 4. The molecule has 2 aliphatic rings. The molecule has 1 aromatic heterocycles. The zero-order valence-corrected chi connectivity index (χ0v) is 22.5. The second-order valence-corrected chi connectivity index (χ2v) is 10.7. The molecule has 1 fully saturated rings. The Hall–Kier alpha value is -3.38. The van der Waals surface area contributed by atoms with Crippen molar-refractivity contribution in [3.8, 4) is 16.2 Å². The molecule has 0 radical (unpaired) electrons. The van der Waals surface area contributed by atoms with Crippen molar-refractivity contribution in [2.24, 2.45) is 0 Å². The van der Waals surface area contributed by atoms with Crippen LogP contribution in [0.3, 0.4) is 0 Å². The van der Waals surface area contributed by atoms with E-state index in [0.29, 0.717) is 13.2 Å². The van der Waals surface area contributed by atoms with Gasteiger partial charge in [0, 0.05) is 23.0 Å². The van der Waals surface area contributed by atoms with Crippen molar-refractivity contribution in [2.75, 3.05) is 13.2 Å². The van der Waals surface area contributed by atoms with E-state index in [2.05, 4.69) is 24.0 Å². The quantitative estimate of drug-likeness (QED) is 0.305. The average molecular weight is 515 g/mol. The third-order valence-electron chi connectivity index (χ3n) is 7.33. The lowest BCUT2D eigenvalue weighted by Crippen LogP contribution is -2.52. The first-order valence-electron chi connectivity index (χ1n) is 13.2. The van der Waals surface area contributed by atoms with Gasteiger partial charge >= 0.3 is 0 Å². The fourth-order valence-corrected chi connectivity index (χ4v) is 6.72. The summed E-state index contributed by atoms with van der Waals surface area (Å²) in [6, 6.07) is 20.0. The lowest BCUT2D eigenvalue weighted by molar-refractivity contribution is 0.0327. The molecule has 192 valence electrons. The Morgan fingerprint density at radius 1 is 1.08 bits per heavy atom. The zero-order valence-electron chi connectivity index (χ0n) is 21.7. The van der Waals surface area contributed by atoms with E-state index in [0.717, 1.165) is 51.5 Å². The summed E-state index contributed by atoms with van der Waals surface area (Å²) in [5.74, 6) is 1.04. The molecule has 1 saturated heterocycles. The van der Waals surface area contributed by atoms with Crippen molar-refractivity contribution in [1.82, 2.24) is 9.80 Å². The molecule has 0 saturated carbocycles. The predicted octanol–water partition coefficient (Wildman–Crippen LogP) is 6.97. The lowest BCUT2D eigenvalue weighted by Gasteiger charge is -2.44. The van der Waals surface area contributed by atoms with Gasteiger partial charge in [-0.25, -0.2) is 0 Å². The Kier molecular flexibility index (Phi) is 7.47. The highest BCUT2D eigenvalue weighted by Crippen LogP contribution is 2.44. The van der Waals surface area contributed by atoms with Crippen LogP contribution in [0.5, 0.6) is 5.75 Å². The second kappa shape index (κ2) is 10.9. The van der Waals surface area contributed by atoms with Gasteiger partial charge in [0.2, 0.25) is 0 Å². The Labute approximate surface area is 223 Å². The van der Waals surface area contributed by atoms with Gasteiger partial charge in [-0.2, -0.15) is 0 Å². The summed E-state index contributed by atoms with van der Waals surface area (Å²) in [5, 5.41) is 0. The number of carbonyl (C=O) groups excluding carboxylic acids is 2. The van der Waals surface area contributed by atoms with Crippen LogP contribution in [0.1, 0.15) is 71.7 Å². The van der Waals surface area contributed by atoms with Gasteiger partial charge in [-0.05, 0) is 86.7 Å². The van der Waals surface area contributed by atoms with Crippen LogP contribution in [0.2, 0.25) is 0 Å². The normalized spacial score (nSPS) is 20.7. The van der Waals surface area contributed by atoms with Crippen molar-refractivity contribution in [2.45, 2.75) is 58.2 Å². The van der Waals surface area contributed by atoms with Gasteiger partial charge in [0.05, 0.1) is 23.6 Å². The number of allylic oxidation sites excluding steroid dienone is 1. The molecular formula is C31H34N2O3S. The van der Waals surface area contributed by atoms with Crippen LogP contribution in [-0.4, -0.2) is 46.8 Å². The summed E-state index contributed by atoms with van der Waals surface area (Å²) in [5.41, 5.74) is 2.97. The highest BCUT2D eigenvalue weighted by Gasteiger charge is 2.46. The lowest BCUT2D eigenvalue weighted by atomic mass is 9.88. The molecule has 2 aliphatic heterocycles. The molecule has 5 rings (SSSR count). The molecule has 1 unspecified atom stereocenters. The summed E-state index contributed by atoms with van der Waals surface area (Å²) in [6.07, 6.45) is 6.54. The predicted molar refractivity (Wildman–Crippen MR) is 149 cm³/mol. The number of piperidine rings is 1. The largest absolute Gasteiger partial charge is 0.494 e. The van der Waals surface area contributed by atoms with Gasteiger partial charge in [0.25, 0.3) is 11.8 Å². The van der Waals surface area contributed by atoms with E-state index in [9.17, 15) is 9.59 Å². The maximum atomic E-state index is 13.9. The number of rotatable bonds is 8. The van der Waals surface area contributed by atoms with Crippen LogP contribution in [0.15, 0.2) is 72.8 Å². The van der Waals surface area contributed by atoms with Crippen molar-refractivity contribution in [3.05, 3.63) is 88.8 Å². The molecule has 6 heteroatoms. The van der Waals surface area contributed by atoms with E-state index in [1.165, 1.54) is 0 Å². The number of hydrogen-bond donors (Lipinski definition) is 0. The Balaban J connectivity index is 1.41. The van der Waals surface area contributed by atoms with E-state index >= 15 is 0 Å². The number of benzene rings is 2. The number of carbonyl (C=O) groups is 2. The van der Waals surface area contributed by atoms with E-state index in [-0.39, 0.29) is 29.9 Å². The van der Waals surface area contributed by atoms with Crippen molar-refractivity contribution >= 4 is 23.2 Å². The summed E-state index contributed by atoms with van der Waals surface area (Å²) >= 11 is 1.54. The molecule has 5 nitrogen and oxygen atoms in total. The van der Waals surface area contributed by atoms with Crippen LogP contribution in [0.25, 0.3) is 10.4 Å². The van der Waals surface area contributed by atoms with Gasteiger partial charge in [-0.1, -0.05) is 37.3 Å². The molecular weight excluding hydrogens is 480 g/mol. The number of thiophene rings is 1. The average Bonchev–Trinajstić information content (AvgIpc) is 3.52. The molecule has 0 aliphatic carbocycles. The maximum absolute atomic E-state index is 13.9. The topological polar surface area (TPSA) is 49.9 Å². The standard InChI is InChI=1S/C31H34N2O3S/c1-4-9-22-19-23(20-27-25-10-7-8-11-26(25)30(34)33(22)27)32(18-5-2)31(35)29-17-16-28(37-29)21-12-14-24(15-13-21)36-6-3/h4,7-17,22-23,27H,5-6,18-20H2,1-3H3/t22-,23?,27+/m1/s1. The van der Waals surface area contributed by atoms with Gasteiger partial charge < -0.3 is 14.5 Å². The number of ether oxygens (including phenoxy) is 1. The summed E-state index contributed by atoms with van der Waals surface area (Å²) in [6.45, 7) is 7.42. The number of fused-ring (bicyclic) bond motifs is 3. The fourth-order valence-electron chi connectivity index (χ4n) is 5.75. The second-order valence-electron chi connectivity index (χ2n) is 9.65. The highest BCUT2D eigenvalue weighted by atomic mass is 32.1. The molecule has 0 N–H and O–H groups in total. The Morgan fingerprint density at radius 3 is 2.59 bits per heavy atom. The van der Waals surface area contributed by atoms with E-state index in [1.807, 2.05) is 79.4 Å². The van der Waals surface area contributed by atoms with Gasteiger partial charge in [-0.3, -0.25) is 9.59 Å². The first kappa shape index (κ1) is 25.3. The van der Waals surface area contributed by atoms with Gasteiger partial charge in [0.1, 0.15) is 5.75 Å². The van der Waals surface area contributed by atoms with Crippen LogP contribution in [0.4, 0.5) is 0 Å². The van der Waals surface area contributed by atoms with Crippen LogP contribution < -0.4 is 4.74 Å². The summed E-state index contributed by atoms with van der Waals surface area (Å²) < 4.78 is 5.56. The van der Waals surface area contributed by atoms with Crippen molar-refractivity contribution < 1.29 is 14.3 Å². The minimum atomic E-state index is -0.0245. The molecule has 0 bridgehead atoms. The van der Waals surface area contributed by atoms with Gasteiger partial charge in [0.15, 0.2) is 0 Å². The SMILES string of the molecule is CC=C[C@@H]1CC(N(CCC)C(=O)c2ccc(-c3ccc(OCC)cc3)s2)C[C@H]2c3ccccc3C(=O)N12. The number of amides is 2. The van der Waals surface area contributed by atoms with Crippen molar-refractivity contribution in [1.29, 1.82) is 0 Å².